The highest BCUT2D eigenvalue weighted by molar-refractivity contribution is 7.59. The van der Waals surface area contributed by atoms with Gasteiger partial charge in [0.05, 0.1) is 13.7 Å². The first-order chi connectivity index (χ1) is 14.9. The maximum Gasteiger partial charge on any atom is 0.156 e. The molecule has 1 heterocycles. The fraction of sp³-hybridized carbons (Fsp3) is 0.519. The van der Waals surface area contributed by atoms with E-state index in [1.54, 1.807) is 7.11 Å². The Labute approximate surface area is 197 Å². The summed E-state index contributed by atoms with van der Waals surface area (Å²) in [5.41, 5.74) is 3.23. The number of rotatable bonds is 2. The van der Waals surface area contributed by atoms with Crippen molar-refractivity contribution in [3.05, 3.63) is 52.6 Å². The number of aliphatic hydroxyl groups is 1. The Bertz CT molecular complexity index is 1020. The first-order valence-electron chi connectivity index (χ1n) is 11.3. The van der Waals surface area contributed by atoms with E-state index in [0.29, 0.717) is 25.4 Å². The summed E-state index contributed by atoms with van der Waals surface area (Å²) in [5.74, 6) is 4.31. The second-order valence-corrected chi connectivity index (χ2v) is 9.75. The number of fused-ring (bicyclic) bond motifs is 4. The van der Waals surface area contributed by atoms with Gasteiger partial charge in [0, 0.05) is 11.8 Å². The van der Waals surface area contributed by atoms with Crippen molar-refractivity contribution >= 4 is 19.3 Å². The van der Waals surface area contributed by atoms with Crippen molar-refractivity contribution in [2.75, 3.05) is 13.7 Å². The number of allylic oxidation sites excluding steroid dienone is 3. The average Bonchev–Trinajstić information content (AvgIpc) is 2.96. The number of carbonyl (C=O) groups is 1. The summed E-state index contributed by atoms with van der Waals surface area (Å²) in [7, 11) is 1.66. The Hall–Kier alpha value is -2.00. The minimum absolute atomic E-state index is 0. The molecule has 2 fully saturated rings. The Morgan fingerprint density at radius 2 is 1.94 bits per heavy atom. The lowest BCUT2D eigenvalue weighted by atomic mass is 9.62. The van der Waals surface area contributed by atoms with Crippen molar-refractivity contribution in [2.24, 2.45) is 17.3 Å². The minimum Gasteiger partial charge on any atom is -0.497 e. The van der Waals surface area contributed by atoms with Gasteiger partial charge in [0.2, 0.25) is 0 Å². The molecular weight excluding hydrogens is 420 g/mol. The van der Waals surface area contributed by atoms with Gasteiger partial charge in [-0.3, -0.25) is 4.79 Å². The molecule has 4 nitrogen and oxygen atoms in total. The Kier molecular flexibility index (Phi) is 6.09. The molecule has 3 unspecified atom stereocenters. The Morgan fingerprint density at radius 3 is 2.62 bits per heavy atom. The van der Waals surface area contributed by atoms with Gasteiger partial charge < -0.3 is 14.6 Å². The van der Waals surface area contributed by atoms with Gasteiger partial charge in [0.25, 0.3) is 0 Å². The summed E-state index contributed by atoms with van der Waals surface area (Å²) >= 11 is 0. The molecule has 5 rings (SSSR count). The van der Waals surface area contributed by atoms with E-state index in [2.05, 4.69) is 25.0 Å². The van der Waals surface area contributed by atoms with Gasteiger partial charge in [-0.05, 0) is 84.4 Å². The number of hydrogen-bond acceptors (Lipinski definition) is 4. The highest BCUT2D eigenvalue weighted by Gasteiger charge is 2.61. The zero-order valence-electron chi connectivity index (χ0n) is 18.8. The van der Waals surface area contributed by atoms with Crippen molar-refractivity contribution in [1.82, 2.24) is 0 Å². The molecule has 1 saturated carbocycles. The number of methoxy groups -OCH3 is 1. The summed E-state index contributed by atoms with van der Waals surface area (Å²) in [6.07, 6.45) is 12.2. The SMILES string of the molecule is C#C[C@]1(O)CCC2C3CCC4=CC(=O)CCC4=C3C(c3ccc(OC)cc3)OC[C@@]21C.S. The number of ether oxygens (including phenoxy) is 2. The molecule has 5 atom stereocenters. The molecule has 0 bridgehead atoms. The van der Waals surface area contributed by atoms with Crippen molar-refractivity contribution in [1.29, 1.82) is 0 Å². The summed E-state index contributed by atoms with van der Waals surface area (Å²) in [6, 6.07) is 8.07. The van der Waals surface area contributed by atoms with E-state index < -0.39 is 11.0 Å². The smallest absolute Gasteiger partial charge is 0.156 e. The Morgan fingerprint density at radius 1 is 1.19 bits per heavy atom. The first kappa shape index (κ1) is 23.2. The zero-order valence-corrected chi connectivity index (χ0v) is 19.8. The van der Waals surface area contributed by atoms with E-state index in [9.17, 15) is 9.90 Å². The fourth-order valence-corrected chi connectivity index (χ4v) is 6.56. The van der Waals surface area contributed by atoms with Crippen LogP contribution in [-0.2, 0) is 9.53 Å². The monoisotopic (exact) mass is 452 g/mol. The molecule has 0 spiro atoms. The van der Waals surface area contributed by atoms with Crippen LogP contribution in [0.25, 0.3) is 0 Å². The molecular formula is C27H32O4S. The molecule has 0 amide bonds. The van der Waals surface area contributed by atoms with E-state index >= 15 is 0 Å². The summed E-state index contributed by atoms with van der Waals surface area (Å²) in [4.78, 5) is 12.1. The van der Waals surface area contributed by atoms with Gasteiger partial charge in [0.1, 0.15) is 17.5 Å². The first-order valence-corrected chi connectivity index (χ1v) is 11.3. The lowest BCUT2D eigenvalue weighted by molar-refractivity contribution is -0.114. The maximum atomic E-state index is 12.1. The van der Waals surface area contributed by atoms with Crippen LogP contribution >= 0.6 is 13.5 Å². The Balaban J connectivity index is 0.00000245. The number of hydrogen-bond donors (Lipinski definition) is 1. The molecule has 1 saturated heterocycles. The molecule has 5 heteroatoms. The van der Waals surface area contributed by atoms with E-state index in [1.165, 1.54) is 16.7 Å². The number of carbonyl (C=O) groups excluding carboxylic acids is 1. The summed E-state index contributed by atoms with van der Waals surface area (Å²) < 4.78 is 12.0. The van der Waals surface area contributed by atoms with Crippen LogP contribution in [0, 0.1) is 29.6 Å². The van der Waals surface area contributed by atoms with Crippen LogP contribution in [0.4, 0.5) is 0 Å². The van der Waals surface area contributed by atoms with Crippen LogP contribution in [-0.4, -0.2) is 30.2 Å². The van der Waals surface area contributed by atoms with Gasteiger partial charge in [0.15, 0.2) is 5.78 Å². The molecule has 1 aromatic carbocycles. The van der Waals surface area contributed by atoms with Crippen LogP contribution in [0.2, 0.25) is 0 Å². The molecule has 170 valence electrons. The van der Waals surface area contributed by atoms with Gasteiger partial charge in [-0.25, -0.2) is 0 Å². The molecule has 32 heavy (non-hydrogen) atoms. The molecule has 0 radical (unpaired) electrons. The standard InChI is InChI=1S/C27H30O4.H2S/c1-4-27(29)14-13-23-22-11-7-18-15-19(28)8-12-21(18)24(22)25(31-16-26(23,27)2)17-5-9-20(30-3)10-6-17;/h1,5-6,9-10,15,22-23,25,29H,7-8,11-14,16H2,2-3H3;1H2/t22?,23?,25?,26-,27-;/m0./s1. The van der Waals surface area contributed by atoms with E-state index in [4.69, 9.17) is 15.9 Å². The quantitative estimate of drug-likeness (QED) is 0.664. The third-order valence-electron chi connectivity index (χ3n) is 8.37. The summed E-state index contributed by atoms with van der Waals surface area (Å²) in [6.45, 7) is 2.53. The number of terminal acetylenes is 1. The molecule has 0 aromatic heterocycles. The summed E-state index contributed by atoms with van der Waals surface area (Å²) in [5, 5.41) is 11.4. The largest absolute Gasteiger partial charge is 0.497 e. The normalized spacial score (nSPS) is 36.0. The molecule has 1 aromatic rings. The predicted octanol–water partition coefficient (Wildman–Crippen LogP) is 4.66. The number of benzene rings is 1. The topological polar surface area (TPSA) is 55.8 Å². The molecule has 1 aliphatic heterocycles. The zero-order chi connectivity index (χ0) is 21.8. The van der Waals surface area contributed by atoms with Crippen molar-refractivity contribution in [2.45, 2.75) is 57.2 Å². The van der Waals surface area contributed by atoms with Crippen molar-refractivity contribution in [3.63, 3.8) is 0 Å². The molecule has 4 aliphatic rings. The lowest BCUT2D eigenvalue weighted by Gasteiger charge is -2.42. The third-order valence-corrected chi connectivity index (χ3v) is 8.37. The minimum atomic E-state index is -1.15. The van der Waals surface area contributed by atoms with Crippen LogP contribution < -0.4 is 4.74 Å². The van der Waals surface area contributed by atoms with Crippen LogP contribution in [0.15, 0.2) is 47.1 Å². The van der Waals surface area contributed by atoms with Crippen molar-refractivity contribution in [3.8, 4) is 18.1 Å². The van der Waals surface area contributed by atoms with Gasteiger partial charge >= 0.3 is 0 Å². The van der Waals surface area contributed by atoms with Crippen molar-refractivity contribution < 1.29 is 19.4 Å². The van der Waals surface area contributed by atoms with Gasteiger partial charge in [-0.15, -0.1) is 6.42 Å². The van der Waals surface area contributed by atoms with Gasteiger partial charge in [-0.2, -0.15) is 13.5 Å². The predicted molar refractivity (Wildman–Crippen MR) is 129 cm³/mol. The van der Waals surface area contributed by atoms with E-state index in [1.807, 2.05) is 18.2 Å². The molecule has 1 N–H and O–H groups in total. The second-order valence-electron chi connectivity index (χ2n) is 9.75. The third kappa shape index (κ3) is 3.36. The van der Waals surface area contributed by atoms with Crippen LogP contribution in [0.5, 0.6) is 5.75 Å². The average molecular weight is 453 g/mol. The lowest BCUT2D eigenvalue weighted by Crippen LogP contribution is -2.48. The second kappa shape index (κ2) is 8.41. The molecule has 3 aliphatic carbocycles. The van der Waals surface area contributed by atoms with Crippen LogP contribution in [0.1, 0.15) is 57.1 Å². The number of ketones is 1. The highest BCUT2D eigenvalue weighted by Crippen LogP contribution is 2.61. The van der Waals surface area contributed by atoms with Gasteiger partial charge in [-0.1, -0.05) is 25.0 Å². The van der Waals surface area contributed by atoms with Crippen LogP contribution in [0.3, 0.4) is 0 Å². The van der Waals surface area contributed by atoms with E-state index in [0.717, 1.165) is 37.0 Å². The highest BCUT2D eigenvalue weighted by atomic mass is 32.1. The maximum absolute atomic E-state index is 12.1. The fourth-order valence-electron chi connectivity index (χ4n) is 6.56. The van der Waals surface area contributed by atoms with E-state index in [-0.39, 0.29) is 31.3 Å².